The van der Waals surface area contributed by atoms with Crippen LogP contribution < -0.4 is 21.9 Å². The zero-order valence-corrected chi connectivity index (χ0v) is 18.6. The minimum Gasteiger partial charge on any atom is -0.451 e. The van der Waals surface area contributed by atoms with Gasteiger partial charge in [0.25, 0.3) is 11.5 Å². The summed E-state index contributed by atoms with van der Waals surface area (Å²) in [5.74, 6) is -0.297. The zero-order chi connectivity index (χ0) is 23.3. The van der Waals surface area contributed by atoms with Crippen molar-refractivity contribution in [2.45, 2.75) is 26.3 Å². The van der Waals surface area contributed by atoms with E-state index in [0.717, 1.165) is 11.3 Å². The van der Waals surface area contributed by atoms with Crippen LogP contribution >= 0.6 is 11.6 Å². The Hall–Kier alpha value is -3.30. The van der Waals surface area contributed by atoms with Gasteiger partial charge in [0, 0.05) is 19.2 Å². The summed E-state index contributed by atoms with van der Waals surface area (Å²) >= 11 is 6.22. The van der Waals surface area contributed by atoms with E-state index in [1.54, 1.807) is 30.3 Å². The Morgan fingerprint density at radius 2 is 2.00 bits per heavy atom. The standard InChI is InChI=1S/C22H25ClN4O5/c1-3-4-11-27-19(24)18(20(28)25-22(27)30)26(12-13-31-2)21(29)17-10-9-16(32-17)14-7-5-6-8-15(14)23/h5-10H,3-4,11-13,24H2,1-2H3,(H,25,28,30). The number of nitrogens with zero attached hydrogens (tertiary/aromatic N) is 2. The van der Waals surface area contributed by atoms with Crippen LogP contribution in [-0.4, -0.2) is 35.7 Å². The first-order valence-electron chi connectivity index (χ1n) is 10.2. The molecule has 1 amide bonds. The molecule has 3 rings (SSSR count). The van der Waals surface area contributed by atoms with Crippen molar-refractivity contribution in [3.05, 3.63) is 68.0 Å². The smallest absolute Gasteiger partial charge is 0.330 e. The van der Waals surface area contributed by atoms with E-state index in [1.165, 1.54) is 17.7 Å². The Balaban J connectivity index is 2.05. The van der Waals surface area contributed by atoms with Crippen LogP contribution in [0.25, 0.3) is 11.3 Å². The monoisotopic (exact) mass is 460 g/mol. The summed E-state index contributed by atoms with van der Waals surface area (Å²) in [6.45, 7) is 2.44. The predicted molar refractivity (Wildman–Crippen MR) is 123 cm³/mol. The van der Waals surface area contributed by atoms with Crippen LogP contribution in [0.3, 0.4) is 0 Å². The van der Waals surface area contributed by atoms with Crippen molar-refractivity contribution in [3.63, 3.8) is 0 Å². The number of amides is 1. The van der Waals surface area contributed by atoms with Gasteiger partial charge in [0.15, 0.2) is 11.4 Å². The Labute approximate surface area is 189 Å². The fraction of sp³-hybridized carbons (Fsp3) is 0.318. The van der Waals surface area contributed by atoms with Crippen LogP contribution in [0.15, 0.2) is 50.4 Å². The maximum atomic E-state index is 13.3. The molecule has 0 bridgehead atoms. The number of halogens is 1. The largest absolute Gasteiger partial charge is 0.451 e. The van der Waals surface area contributed by atoms with E-state index in [-0.39, 0.29) is 30.4 Å². The summed E-state index contributed by atoms with van der Waals surface area (Å²) in [5, 5.41) is 0.473. The minimum atomic E-state index is -0.761. The van der Waals surface area contributed by atoms with Gasteiger partial charge >= 0.3 is 5.69 Å². The number of aromatic amines is 1. The molecule has 0 saturated heterocycles. The molecule has 2 heterocycles. The van der Waals surface area contributed by atoms with Crippen molar-refractivity contribution in [1.82, 2.24) is 9.55 Å². The Morgan fingerprint density at radius 3 is 2.69 bits per heavy atom. The number of methoxy groups -OCH3 is 1. The quantitative estimate of drug-likeness (QED) is 0.505. The van der Waals surface area contributed by atoms with Gasteiger partial charge in [-0.15, -0.1) is 0 Å². The SMILES string of the molecule is CCCCn1c(N)c(N(CCOC)C(=O)c2ccc(-c3ccccc3Cl)o2)c(=O)[nH]c1=O. The first-order valence-corrected chi connectivity index (χ1v) is 10.5. The summed E-state index contributed by atoms with van der Waals surface area (Å²) in [7, 11) is 1.47. The van der Waals surface area contributed by atoms with Gasteiger partial charge in [-0.25, -0.2) is 4.79 Å². The third-order valence-corrected chi connectivity index (χ3v) is 5.27. The molecule has 0 fully saturated rings. The van der Waals surface area contributed by atoms with Gasteiger partial charge in [0.1, 0.15) is 11.6 Å². The molecule has 0 aliphatic rings. The Bertz CT molecular complexity index is 1210. The molecule has 9 nitrogen and oxygen atoms in total. The number of hydrogen-bond acceptors (Lipinski definition) is 6. The molecule has 32 heavy (non-hydrogen) atoms. The number of nitrogens with two attached hydrogens (primary N) is 1. The lowest BCUT2D eigenvalue weighted by Crippen LogP contribution is -2.42. The number of aromatic nitrogens is 2. The van der Waals surface area contributed by atoms with E-state index in [4.69, 9.17) is 26.5 Å². The first-order chi connectivity index (χ1) is 15.4. The maximum Gasteiger partial charge on any atom is 0.330 e. The molecule has 0 aliphatic heterocycles. The number of carbonyl (C=O) groups excluding carboxylic acids is 1. The van der Waals surface area contributed by atoms with Crippen LogP contribution in [0.2, 0.25) is 5.02 Å². The van der Waals surface area contributed by atoms with Crippen molar-refractivity contribution in [3.8, 4) is 11.3 Å². The third kappa shape index (κ3) is 4.79. The lowest BCUT2D eigenvalue weighted by atomic mass is 10.2. The Morgan fingerprint density at radius 1 is 1.25 bits per heavy atom. The fourth-order valence-corrected chi connectivity index (χ4v) is 3.49. The van der Waals surface area contributed by atoms with E-state index in [1.807, 2.05) is 6.92 Å². The normalized spacial score (nSPS) is 11.0. The molecule has 10 heteroatoms. The highest BCUT2D eigenvalue weighted by Crippen LogP contribution is 2.30. The molecule has 0 radical (unpaired) electrons. The summed E-state index contributed by atoms with van der Waals surface area (Å²) in [5.41, 5.74) is 5.31. The number of hydrogen-bond donors (Lipinski definition) is 2. The van der Waals surface area contributed by atoms with E-state index >= 15 is 0 Å². The molecule has 0 saturated carbocycles. The number of furan rings is 1. The van der Waals surface area contributed by atoms with Crippen LogP contribution in [-0.2, 0) is 11.3 Å². The highest BCUT2D eigenvalue weighted by atomic mass is 35.5. The van der Waals surface area contributed by atoms with E-state index in [0.29, 0.717) is 29.3 Å². The number of anilines is 2. The Kier molecular flexibility index (Phi) is 7.55. The predicted octanol–water partition coefficient (Wildman–Crippen LogP) is 3.13. The van der Waals surface area contributed by atoms with Crippen molar-refractivity contribution < 1.29 is 13.9 Å². The highest BCUT2D eigenvalue weighted by Gasteiger charge is 2.27. The van der Waals surface area contributed by atoms with Crippen LogP contribution in [0.5, 0.6) is 0 Å². The van der Waals surface area contributed by atoms with Crippen molar-refractivity contribution >= 4 is 29.0 Å². The van der Waals surface area contributed by atoms with E-state index in [2.05, 4.69) is 4.98 Å². The summed E-state index contributed by atoms with van der Waals surface area (Å²) < 4.78 is 12.1. The van der Waals surface area contributed by atoms with Gasteiger partial charge in [-0.3, -0.25) is 24.0 Å². The molecular formula is C22H25ClN4O5. The molecule has 3 N–H and O–H groups in total. The number of carbonyl (C=O) groups is 1. The van der Waals surface area contributed by atoms with Gasteiger partial charge in [-0.05, 0) is 30.7 Å². The second kappa shape index (κ2) is 10.3. The molecule has 0 aliphatic carbocycles. The van der Waals surface area contributed by atoms with Gasteiger partial charge in [0.2, 0.25) is 0 Å². The average Bonchev–Trinajstić information content (AvgIpc) is 3.25. The van der Waals surface area contributed by atoms with Crippen molar-refractivity contribution in [2.75, 3.05) is 30.9 Å². The van der Waals surface area contributed by atoms with Crippen LogP contribution in [0.1, 0.15) is 30.3 Å². The van der Waals surface area contributed by atoms with Gasteiger partial charge in [-0.2, -0.15) is 0 Å². The van der Waals surface area contributed by atoms with E-state index in [9.17, 15) is 14.4 Å². The fourth-order valence-electron chi connectivity index (χ4n) is 3.27. The van der Waals surface area contributed by atoms with Gasteiger partial charge < -0.3 is 14.9 Å². The van der Waals surface area contributed by atoms with Crippen molar-refractivity contribution in [2.24, 2.45) is 0 Å². The molecule has 2 aromatic heterocycles. The molecule has 0 unspecified atom stereocenters. The second-order valence-corrected chi connectivity index (χ2v) is 7.50. The maximum absolute atomic E-state index is 13.3. The third-order valence-electron chi connectivity index (χ3n) is 4.94. The summed E-state index contributed by atoms with van der Waals surface area (Å²) in [4.78, 5) is 41.7. The zero-order valence-electron chi connectivity index (χ0n) is 17.9. The molecule has 170 valence electrons. The van der Waals surface area contributed by atoms with Gasteiger partial charge in [0.05, 0.1) is 18.2 Å². The molecular weight excluding hydrogens is 436 g/mol. The lowest BCUT2D eigenvalue weighted by molar-refractivity contribution is 0.0949. The molecule has 0 spiro atoms. The van der Waals surface area contributed by atoms with E-state index < -0.39 is 17.2 Å². The average molecular weight is 461 g/mol. The summed E-state index contributed by atoms with van der Waals surface area (Å²) in [6, 6.07) is 10.2. The van der Waals surface area contributed by atoms with Crippen LogP contribution in [0, 0.1) is 0 Å². The van der Waals surface area contributed by atoms with Crippen molar-refractivity contribution in [1.29, 1.82) is 0 Å². The molecule has 0 atom stereocenters. The lowest BCUT2D eigenvalue weighted by Gasteiger charge is -2.23. The number of nitrogens with one attached hydrogen (secondary N) is 1. The highest BCUT2D eigenvalue weighted by molar-refractivity contribution is 6.33. The molecule has 3 aromatic rings. The molecule has 1 aromatic carbocycles. The number of unbranched alkanes of at least 4 members (excludes halogenated alkanes) is 1. The number of rotatable bonds is 9. The second-order valence-electron chi connectivity index (χ2n) is 7.09. The van der Waals surface area contributed by atoms with Crippen LogP contribution in [0.4, 0.5) is 11.5 Å². The summed E-state index contributed by atoms with van der Waals surface area (Å²) in [6.07, 6.45) is 1.50. The number of ether oxygens (including phenoxy) is 1. The van der Waals surface area contributed by atoms with Gasteiger partial charge in [-0.1, -0.05) is 37.1 Å². The topological polar surface area (TPSA) is 124 Å². The number of benzene rings is 1. The minimum absolute atomic E-state index is 0.0128. The first kappa shape index (κ1) is 23.4. The number of nitrogen functional groups attached to an aromatic ring is 1. The number of H-pyrrole nitrogens is 1.